The molecule has 1 N–H and O–H groups in total. The first-order chi connectivity index (χ1) is 22.1. The summed E-state index contributed by atoms with van der Waals surface area (Å²) in [5.74, 6) is 0.988. The van der Waals surface area contributed by atoms with Crippen molar-refractivity contribution in [1.82, 2.24) is 9.55 Å². The third kappa shape index (κ3) is 6.13. The summed E-state index contributed by atoms with van der Waals surface area (Å²) in [6.45, 7) is 0. The number of pyridine rings is 2. The van der Waals surface area contributed by atoms with Gasteiger partial charge in [0.1, 0.15) is 22.8 Å². The summed E-state index contributed by atoms with van der Waals surface area (Å²) in [6.07, 6.45) is -1.87. The number of anilines is 1. The molecule has 0 aliphatic carbocycles. The summed E-state index contributed by atoms with van der Waals surface area (Å²) in [7, 11) is 3.08. The number of methoxy groups -OCH3 is 2. The second-order valence-corrected chi connectivity index (χ2v) is 9.91. The highest BCUT2D eigenvalue weighted by molar-refractivity contribution is 6.06. The third-order valence-corrected chi connectivity index (χ3v) is 7.05. The standard InChI is InChI=1S/C34H24F3N3O6/c1-43-30-17-25-27(18-31(30)44-2)38-16-15-29(25)45-22-11-7-20(8-12-22)39-33(42)26-19-40(28-6-4-3-5-24(28)32(26)41)21-9-13-23(14-10-21)46-34(35,36)37/h3-19H,1-2H3,(H,39,42). The van der Waals surface area contributed by atoms with E-state index in [4.69, 9.17) is 14.2 Å². The Kier molecular flexibility index (Phi) is 7.93. The van der Waals surface area contributed by atoms with Gasteiger partial charge in [-0.05, 0) is 72.8 Å². The molecule has 46 heavy (non-hydrogen) atoms. The van der Waals surface area contributed by atoms with E-state index in [2.05, 4.69) is 15.0 Å². The van der Waals surface area contributed by atoms with Crippen molar-refractivity contribution in [2.45, 2.75) is 6.36 Å². The lowest BCUT2D eigenvalue weighted by Crippen LogP contribution is -2.23. The first kappa shape index (κ1) is 30.0. The Morgan fingerprint density at radius 1 is 0.804 bits per heavy atom. The molecule has 0 radical (unpaired) electrons. The second kappa shape index (κ2) is 12.2. The Morgan fingerprint density at radius 3 is 2.17 bits per heavy atom. The molecule has 2 aromatic heterocycles. The van der Waals surface area contributed by atoms with Crippen LogP contribution in [-0.2, 0) is 0 Å². The molecule has 6 rings (SSSR count). The van der Waals surface area contributed by atoms with Crippen molar-refractivity contribution in [2.24, 2.45) is 0 Å². The summed E-state index contributed by atoms with van der Waals surface area (Å²) in [5, 5.41) is 3.69. The fourth-order valence-corrected chi connectivity index (χ4v) is 4.93. The average molecular weight is 628 g/mol. The van der Waals surface area contributed by atoms with Crippen LogP contribution in [0.2, 0.25) is 0 Å². The third-order valence-electron chi connectivity index (χ3n) is 7.05. The van der Waals surface area contributed by atoms with Crippen LogP contribution in [0.3, 0.4) is 0 Å². The van der Waals surface area contributed by atoms with Crippen molar-refractivity contribution in [1.29, 1.82) is 0 Å². The van der Waals surface area contributed by atoms with Gasteiger partial charge in [0.05, 0.1) is 25.3 Å². The number of hydrogen-bond acceptors (Lipinski definition) is 7. The van der Waals surface area contributed by atoms with Crippen molar-refractivity contribution in [3.05, 3.63) is 119 Å². The summed E-state index contributed by atoms with van der Waals surface area (Å²) in [5.41, 5.74) is 1.26. The highest BCUT2D eigenvalue weighted by Crippen LogP contribution is 2.37. The first-order valence-electron chi connectivity index (χ1n) is 13.7. The Hall–Kier alpha value is -6.04. The number of benzene rings is 4. The Balaban J connectivity index is 1.26. The lowest BCUT2D eigenvalue weighted by atomic mass is 10.1. The summed E-state index contributed by atoms with van der Waals surface area (Å²) in [6, 6.07) is 23.5. The van der Waals surface area contributed by atoms with Gasteiger partial charge in [0.2, 0.25) is 5.43 Å². The molecule has 0 spiro atoms. The summed E-state index contributed by atoms with van der Waals surface area (Å²) >= 11 is 0. The topological polar surface area (TPSA) is 101 Å². The van der Waals surface area contributed by atoms with E-state index in [-0.39, 0.29) is 10.9 Å². The van der Waals surface area contributed by atoms with Crippen LogP contribution in [0, 0.1) is 0 Å². The van der Waals surface area contributed by atoms with Crippen molar-refractivity contribution < 1.29 is 36.9 Å². The van der Waals surface area contributed by atoms with Crippen molar-refractivity contribution >= 4 is 33.4 Å². The quantitative estimate of drug-likeness (QED) is 0.187. The molecule has 12 heteroatoms. The number of amides is 1. The molecule has 4 aromatic carbocycles. The SMILES string of the molecule is COc1cc2nccc(Oc3ccc(NC(=O)c4cn(-c5ccc(OC(F)(F)F)cc5)c5ccccc5c4=O)cc3)c2cc1OC. The molecule has 0 aliphatic rings. The molecule has 0 saturated heterocycles. The number of nitrogens with zero attached hydrogens (tertiary/aromatic N) is 2. The van der Waals surface area contributed by atoms with Gasteiger partial charge in [0, 0.05) is 40.6 Å². The summed E-state index contributed by atoms with van der Waals surface area (Å²) in [4.78, 5) is 31.1. The second-order valence-electron chi connectivity index (χ2n) is 9.91. The molecule has 0 aliphatic heterocycles. The van der Waals surface area contributed by atoms with Crippen molar-refractivity contribution in [3.63, 3.8) is 0 Å². The van der Waals surface area contributed by atoms with E-state index in [1.165, 1.54) is 25.4 Å². The minimum Gasteiger partial charge on any atom is -0.493 e. The first-order valence-corrected chi connectivity index (χ1v) is 13.7. The zero-order valence-electron chi connectivity index (χ0n) is 24.3. The van der Waals surface area contributed by atoms with E-state index in [0.29, 0.717) is 50.8 Å². The molecular formula is C34H24F3N3O6. The number of rotatable bonds is 8. The van der Waals surface area contributed by atoms with Crippen LogP contribution >= 0.6 is 0 Å². The number of para-hydroxylation sites is 1. The predicted molar refractivity (Wildman–Crippen MR) is 166 cm³/mol. The van der Waals surface area contributed by atoms with Gasteiger partial charge in [0.25, 0.3) is 5.91 Å². The van der Waals surface area contributed by atoms with E-state index >= 15 is 0 Å². The number of halogens is 3. The Labute approximate surface area is 259 Å². The monoisotopic (exact) mass is 627 g/mol. The molecule has 1 amide bonds. The number of nitrogens with one attached hydrogen (secondary N) is 1. The molecule has 0 unspecified atom stereocenters. The fourth-order valence-electron chi connectivity index (χ4n) is 4.93. The van der Waals surface area contributed by atoms with Crippen LogP contribution < -0.4 is 29.7 Å². The molecule has 9 nitrogen and oxygen atoms in total. The Bertz CT molecular complexity index is 2130. The normalized spacial score (nSPS) is 11.3. The van der Waals surface area contributed by atoms with Gasteiger partial charge in [-0.2, -0.15) is 0 Å². The van der Waals surface area contributed by atoms with E-state index in [9.17, 15) is 22.8 Å². The van der Waals surface area contributed by atoms with Gasteiger partial charge in [-0.3, -0.25) is 14.6 Å². The Morgan fingerprint density at radius 2 is 1.48 bits per heavy atom. The van der Waals surface area contributed by atoms with Crippen LogP contribution in [0.15, 0.2) is 108 Å². The smallest absolute Gasteiger partial charge is 0.493 e. The number of carbonyl (C=O) groups excluding carboxylic acids is 1. The fraction of sp³-hybridized carbons (Fsp3) is 0.0882. The van der Waals surface area contributed by atoms with E-state index in [1.54, 1.807) is 84.6 Å². The van der Waals surface area contributed by atoms with Crippen LogP contribution in [0.25, 0.3) is 27.5 Å². The zero-order chi connectivity index (χ0) is 32.4. The average Bonchev–Trinajstić information content (AvgIpc) is 3.05. The molecule has 0 atom stereocenters. The minimum atomic E-state index is -4.84. The number of aromatic nitrogens is 2. The number of alkyl halides is 3. The maximum absolute atomic E-state index is 13.4. The largest absolute Gasteiger partial charge is 0.573 e. The molecule has 2 heterocycles. The van der Waals surface area contributed by atoms with Gasteiger partial charge in [0.15, 0.2) is 11.5 Å². The van der Waals surface area contributed by atoms with Gasteiger partial charge < -0.3 is 28.8 Å². The molecule has 0 fully saturated rings. The van der Waals surface area contributed by atoms with Gasteiger partial charge >= 0.3 is 6.36 Å². The molecule has 0 saturated carbocycles. The van der Waals surface area contributed by atoms with Gasteiger partial charge in [-0.1, -0.05) is 12.1 Å². The minimum absolute atomic E-state index is 0.165. The number of ether oxygens (including phenoxy) is 4. The molecular weight excluding hydrogens is 603 g/mol. The molecule has 0 bridgehead atoms. The molecule has 6 aromatic rings. The highest BCUT2D eigenvalue weighted by Gasteiger charge is 2.31. The molecule has 232 valence electrons. The van der Waals surface area contributed by atoms with Crippen molar-refractivity contribution in [2.75, 3.05) is 19.5 Å². The zero-order valence-corrected chi connectivity index (χ0v) is 24.3. The predicted octanol–water partition coefficient (Wildman–Crippen LogP) is 7.50. The van der Waals surface area contributed by atoms with E-state index in [1.807, 2.05) is 0 Å². The van der Waals surface area contributed by atoms with E-state index in [0.717, 1.165) is 12.1 Å². The highest BCUT2D eigenvalue weighted by atomic mass is 19.4. The number of hydrogen-bond donors (Lipinski definition) is 1. The van der Waals surface area contributed by atoms with E-state index < -0.39 is 23.4 Å². The van der Waals surface area contributed by atoms with Crippen LogP contribution in [0.1, 0.15) is 10.4 Å². The maximum Gasteiger partial charge on any atom is 0.573 e. The maximum atomic E-state index is 13.4. The van der Waals surface area contributed by atoms with Crippen LogP contribution in [-0.4, -0.2) is 36.0 Å². The van der Waals surface area contributed by atoms with Gasteiger partial charge in [-0.15, -0.1) is 13.2 Å². The van der Waals surface area contributed by atoms with Gasteiger partial charge in [-0.25, -0.2) is 0 Å². The number of carbonyl (C=O) groups is 1. The number of fused-ring (bicyclic) bond motifs is 2. The lowest BCUT2D eigenvalue weighted by Gasteiger charge is -2.15. The van der Waals surface area contributed by atoms with Crippen LogP contribution in [0.4, 0.5) is 18.9 Å². The van der Waals surface area contributed by atoms with Crippen LogP contribution in [0.5, 0.6) is 28.7 Å². The van der Waals surface area contributed by atoms with Crippen molar-refractivity contribution in [3.8, 4) is 34.4 Å². The summed E-state index contributed by atoms with van der Waals surface area (Å²) < 4.78 is 60.3. The lowest BCUT2D eigenvalue weighted by molar-refractivity contribution is -0.274.